The van der Waals surface area contributed by atoms with Crippen molar-refractivity contribution in [2.75, 3.05) is 19.8 Å². The van der Waals surface area contributed by atoms with Gasteiger partial charge in [-0.1, -0.05) is 58.8 Å². The van der Waals surface area contributed by atoms with Crippen molar-refractivity contribution in [1.82, 2.24) is 5.32 Å². The van der Waals surface area contributed by atoms with Crippen LogP contribution in [-0.2, 0) is 4.74 Å². The predicted octanol–water partition coefficient (Wildman–Crippen LogP) is 5.86. The molecule has 0 rings (SSSR count). The first-order chi connectivity index (χ1) is 11.3. The van der Waals surface area contributed by atoms with Gasteiger partial charge in [0, 0.05) is 26.0 Å². The predicted molar refractivity (Wildman–Crippen MR) is 103 cm³/mol. The molecule has 0 aromatic rings. The van der Waals surface area contributed by atoms with Crippen molar-refractivity contribution >= 4 is 6.21 Å². The van der Waals surface area contributed by atoms with E-state index in [1.807, 2.05) is 19.2 Å². The fraction of sp³-hybridized carbons (Fsp3) is 0.850. The van der Waals surface area contributed by atoms with Gasteiger partial charge in [-0.05, 0) is 38.7 Å². The van der Waals surface area contributed by atoms with Crippen LogP contribution in [0.4, 0.5) is 0 Å². The third-order valence-electron chi connectivity index (χ3n) is 3.85. The Kier molecular flexibility index (Phi) is 18.5. The molecular formula is C20H40N2O. The third kappa shape index (κ3) is 17.4. The van der Waals surface area contributed by atoms with Crippen molar-refractivity contribution in [3.8, 4) is 0 Å². The number of unbranched alkanes of at least 4 members (excludes halogenated alkanes) is 8. The van der Waals surface area contributed by atoms with Gasteiger partial charge in [0.2, 0.25) is 0 Å². The average Bonchev–Trinajstić information content (AvgIpc) is 2.57. The lowest BCUT2D eigenvalue weighted by Crippen LogP contribution is -2.13. The summed E-state index contributed by atoms with van der Waals surface area (Å²) in [5.41, 5.74) is 0. The van der Waals surface area contributed by atoms with Crippen LogP contribution in [-0.4, -0.2) is 26.0 Å². The van der Waals surface area contributed by atoms with Gasteiger partial charge < -0.3 is 10.1 Å². The number of hydrogen-bond donors (Lipinski definition) is 1. The molecule has 23 heavy (non-hydrogen) atoms. The van der Waals surface area contributed by atoms with Crippen LogP contribution < -0.4 is 5.32 Å². The van der Waals surface area contributed by atoms with E-state index < -0.39 is 0 Å². The Labute approximate surface area is 145 Å². The molecule has 3 nitrogen and oxygen atoms in total. The van der Waals surface area contributed by atoms with E-state index in [1.54, 1.807) is 0 Å². The van der Waals surface area contributed by atoms with Gasteiger partial charge in [0.1, 0.15) is 5.82 Å². The Bertz CT molecular complexity index is 287. The highest BCUT2D eigenvalue weighted by Crippen LogP contribution is 2.06. The molecule has 0 heterocycles. The monoisotopic (exact) mass is 324 g/mol. The first kappa shape index (κ1) is 22.2. The normalized spacial score (nSPS) is 12.2. The smallest absolute Gasteiger partial charge is 0.121 e. The summed E-state index contributed by atoms with van der Waals surface area (Å²) in [5, 5.41) is 3.39. The van der Waals surface area contributed by atoms with Crippen LogP contribution in [0.3, 0.4) is 0 Å². The van der Waals surface area contributed by atoms with Crippen LogP contribution >= 0.6 is 0 Å². The van der Waals surface area contributed by atoms with Gasteiger partial charge in [0.05, 0.1) is 0 Å². The van der Waals surface area contributed by atoms with Gasteiger partial charge in [0.15, 0.2) is 0 Å². The molecule has 0 aliphatic heterocycles. The van der Waals surface area contributed by atoms with E-state index in [2.05, 4.69) is 24.2 Å². The molecule has 0 spiro atoms. The van der Waals surface area contributed by atoms with E-state index >= 15 is 0 Å². The van der Waals surface area contributed by atoms with Crippen molar-refractivity contribution < 1.29 is 4.74 Å². The maximum Gasteiger partial charge on any atom is 0.121 e. The molecule has 0 unspecified atom stereocenters. The van der Waals surface area contributed by atoms with Crippen LogP contribution in [0, 0.1) is 0 Å². The van der Waals surface area contributed by atoms with E-state index in [-0.39, 0.29) is 0 Å². The minimum Gasteiger partial charge on any atom is -0.381 e. The van der Waals surface area contributed by atoms with Crippen molar-refractivity contribution in [3.05, 3.63) is 11.9 Å². The maximum atomic E-state index is 5.67. The first-order valence-corrected chi connectivity index (χ1v) is 9.85. The largest absolute Gasteiger partial charge is 0.381 e. The molecule has 0 aliphatic carbocycles. The zero-order valence-electron chi connectivity index (χ0n) is 15.9. The highest BCUT2D eigenvalue weighted by molar-refractivity contribution is 5.58. The second-order valence-electron chi connectivity index (χ2n) is 6.11. The Balaban J connectivity index is 3.20. The molecule has 0 fully saturated rings. The summed E-state index contributed by atoms with van der Waals surface area (Å²) in [7, 11) is 0. The molecule has 0 saturated heterocycles. The molecule has 0 atom stereocenters. The molecule has 0 radical (unpaired) electrons. The number of allylic oxidation sites excluding steroid dienone is 1. The number of nitrogens with zero attached hydrogens (tertiary/aromatic N) is 1. The lowest BCUT2D eigenvalue weighted by molar-refractivity contribution is 0.125. The number of rotatable bonds is 17. The van der Waals surface area contributed by atoms with E-state index in [1.165, 1.54) is 64.2 Å². The van der Waals surface area contributed by atoms with Crippen LogP contribution in [0.2, 0.25) is 0 Å². The van der Waals surface area contributed by atoms with Gasteiger partial charge in [0.25, 0.3) is 0 Å². The van der Waals surface area contributed by atoms with Crippen molar-refractivity contribution in [2.24, 2.45) is 4.99 Å². The highest BCUT2D eigenvalue weighted by atomic mass is 16.5. The SMILES string of the molecule is C/C=C(\N=C/CC)NCCCCCCCCOCCCCCC. The second kappa shape index (κ2) is 19.2. The standard InChI is InChI=1S/C20H40N2O/c1-4-7-8-14-18-23-19-15-12-10-9-11-13-17-22-20(6-3)21-16-5-2/h6,16,22H,4-5,7-15,17-19H2,1-3H3/b20-6+,21-16-. The molecule has 3 heteroatoms. The summed E-state index contributed by atoms with van der Waals surface area (Å²) < 4.78 is 5.67. The van der Waals surface area contributed by atoms with Crippen molar-refractivity contribution in [3.63, 3.8) is 0 Å². The van der Waals surface area contributed by atoms with Gasteiger partial charge in [-0.15, -0.1) is 0 Å². The van der Waals surface area contributed by atoms with Crippen LogP contribution in [0.5, 0.6) is 0 Å². The van der Waals surface area contributed by atoms with E-state index in [0.29, 0.717) is 0 Å². The fourth-order valence-electron chi connectivity index (χ4n) is 2.40. The maximum absolute atomic E-state index is 5.67. The summed E-state index contributed by atoms with van der Waals surface area (Å²) in [6.07, 6.45) is 17.9. The molecule has 0 aliphatic rings. The Morgan fingerprint density at radius 2 is 1.48 bits per heavy atom. The quantitative estimate of drug-likeness (QED) is 0.269. The molecule has 0 bridgehead atoms. The van der Waals surface area contributed by atoms with E-state index in [4.69, 9.17) is 4.74 Å². The summed E-state index contributed by atoms with van der Waals surface area (Å²) >= 11 is 0. The van der Waals surface area contributed by atoms with Crippen LogP contribution in [0.1, 0.15) is 91.4 Å². The highest BCUT2D eigenvalue weighted by Gasteiger charge is 1.94. The Morgan fingerprint density at radius 1 is 0.870 bits per heavy atom. The fourth-order valence-corrected chi connectivity index (χ4v) is 2.40. The molecule has 1 N–H and O–H groups in total. The Morgan fingerprint density at radius 3 is 2.09 bits per heavy atom. The summed E-state index contributed by atoms with van der Waals surface area (Å²) in [5.74, 6) is 1.00. The second-order valence-corrected chi connectivity index (χ2v) is 6.11. The minimum absolute atomic E-state index is 0.952. The lowest BCUT2D eigenvalue weighted by atomic mass is 10.1. The molecule has 0 saturated carbocycles. The number of hydrogen-bond acceptors (Lipinski definition) is 3. The van der Waals surface area contributed by atoms with Gasteiger partial charge >= 0.3 is 0 Å². The van der Waals surface area contributed by atoms with Crippen molar-refractivity contribution in [2.45, 2.75) is 91.4 Å². The molecule has 0 aromatic carbocycles. The molecule has 136 valence electrons. The molecular weight excluding hydrogens is 284 g/mol. The van der Waals surface area contributed by atoms with Gasteiger partial charge in [-0.25, -0.2) is 4.99 Å². The summed E-state index contributed by atoms with van der Waals surface area (Å²) in [6, 6.07) is 0. The zero-order valence-corrected chi connectivity index (χ0v) is 15.9. The van der Waals surface area contributed by atoms with E-state index in [0.717, 1.165) is 32.0 Å². The first-order valence-electron chi connectivity index (χ1n) is 9.85. The lowest BCUT2D eigenvalue weighted by Gasteiger charge is -2.06. The number of aliphatic imine (C=N–C) groups is 1. The topological polar surface area (TPSA) is 33.6 Å². The third-order valence-corrected chi connectivity index (χ3v) is 3.85. The Hall–Kier alpha value is -0.830. The minimum atomic E-state index is 0.952. The van der Waals surface area contributed by atoms with Crippen molar-refractivity contribution in [1.29, 1.82) is 0 Å². The zero-order chi connectivity index (χ0) is 17.0. The average molecular weight is 325 g/mol. The number of ether oxygens (including phenoxy) is 1. The summed E-state index contributed by atoms with van der Waals surface area (Å²) in [6.45, 7) is 9.32. The van der Waals surface area contributed by atoms with Gasteiger partial charge in [-0.2, -0.15) is 0 Å². The van der Waals surface area contributed by atoms with Crippen LogP contribution in [0.25, 0.3) is 0 Å². The van der Waals surface area contributed by atoms with Gasteiger partial charge in [-0.3, -0.25) is 0 Å². The molecule has 0 aromatic heterocycles. The van der Waals surface area contributed by atoms with Crippen LogP contribution in [0.15, 0.2) is 16.9 Å². The summed E-state index contributed by atoms with van der Waals surface area (Å²) in [4.78, 5) is 4.37. The number of nitrogens with one attached hydrogen (secondary N) is 1. The molecule has 0 amide bonds. The van der Waals surface area contributed by atoms with E-state index in [9.17, 15) is 0 Å².